The number of nitrogens with zero attached hydrogens (tertiary/aromatic N) is 3. The number of rotatable bonds is 6. The molecule has 1 heterocycles. The maximum Gasteiger partial charge on any atom is 0.149 e. The van der Waals surface area contributed by atoms with Gasteiger partial charge in [-0.25, -0.2) is 0 Å². The van der Waals surface area contributed by atoms with Crippen LogP contribution >= 0.6 is 11.6 Å². The zero-order valence-electron chi connectivity index (χ0n) is 13.2. The van der Waals surface area contributed by atoms with Gasteiger partial charge in [-0.3, -0.25) is 14.3 Å². The highest BCUT2D eigenvalue weighted by Crippen LogP contribution is 2.32. The van der Waals surface area contributed by atoms with E-state index >= 15 is 0 Å². The van der Waals surface area contributed by atoms with E-state index in [1.165, 1.54) is 5.54 Å². The van der Waals surface area contributed by atoms with Crippen LogP contribution in [-0.4, -0.2) is 33.7 Å². The summed E-state index contributed by atoms with van der Waals surface area (Å²) in [6, 6.07) is 0. The Morgan fingerprint density at radius 1 is 1.48 bits per heavy atom. The van der Waals surface area contributed by atoms with Crippen molar-refractivity contribution in [2.45, 2.75) is 32.1 Å². The molecule has 1 fully saturated rings. The largest absolute Gasteiger partial charge is 0.392 e. The molecule has 1 aromatic heterocycles. The van der Waals surface area contributed by atoms with Crippen molar-refractivity contribution in [1.82, 2.24) is 9.78 Å². The molecule has 0 N–H and O–H groups in total. The van der Waals surface area contributed by atoms with E-state index in [-0.39, 0.29) is 24.1 Å². The molecule has 7 heteroatoms. The van der Waals surface area contributed by atoms with E-state index in [0.29, 0.717) is 25.0 Å². The predicted octanol–water partition coefficient (Wildman–Crippen LogP) is 2.59. The molecule has 0 aliphatic heterocycles. The number of ketones is 2. The van der Waals surface area contributed by atoms with Crippen molar-refractivity contribution in [3.63, 3.8) is 0 Å². The molecule has 0 spiro atoms. The van der Waals surface area contributed by atoms with E-state index in [1.807, 2.05) is 20.2 Å². The molecule has 1 aromatic rings. The first kappa shape index (κ1) is 17.4. The molecule has 0 atom stereocenters. The summed E-state index contributed by atoms with van der Waals surface area (Å²) in [7, 11) is 1.81. The van der Waals surface area contributed by atoms with Gasteiger partial charge in [-0.15, -0.1) is 0 Å². The van der Waals surface area contributed by atoms with Crippen molar-refractivity contribution in [3.8, 4) is 0 Å². The minimum atomic E-state index is -0.784. The molecule has 0 saturated heterocycles. The van der Waals surface area contributed by atoms with Crippen LogP contribution in [0.4, 0.5) is 0 Å². The zero-order chi connectivity index (χ0) is 16.8. The van der Waals surface area contributed by atoms with Gasteiger partial charge in [0.25, 0.3) is 0 Å². The second kappa shape index (κ2) is 8.06. The summed E-state index contributed by atoms with van der Waals surface area (Å²) in [4.78, 5) is 30.0. The molecule has 1 aliphatic rings. The minimum Gasteiger partial charge on any atom is -0.392 e. The number of carbonyl (C=O) groups is 2. The fraction of sp³-hybridized carbons (Fsp3) is 0.500. The summed E-state index contributed by atoms with van der Waals surface area (Å²) in [5, 5.41) is 8.06. The van der Waals surface area contributed by atoms with Gasteiger partial charge in [0.1, 0.15) is 24.1 Å². The smallest absolute Gasteiger partial charge is 0.149 e. The van der Waals surface area contributed by atoms with Gasteiger partial charge >= 0.3 is 0 Å². The van der Waals surface area contributed by atoms with Crippen LogP contribution in [0, 0.1) is 5.92 Å². The summed E-state index contributed by atoms with van der Waals surface area (Å²) in [6.45, 7) is 2.06. The van der Waals surface area contributed by atoms with Crippen LogP contribution in [0.3, 0.4) is 0 Å². The van der Waals surface area contributed by atoms with Crippen molar-refractivity contribution in [1.29, 1.82) is 0 Å². The highest BCUT2D eigenvalue weighted by atomic mass is 35.5. The van der Waals surface area contributed by atoms with Gasteiger partial charge in [0.05, 0.1) is 11.9 Å². The maximum atomic E-state index is 12.5. The van der Waals surface area contributed by atoms with Crippen LogP contribution in [0.15, 0.2) is 29.2 Å². The normalized spacial score (nSPS) is 22.8. The number of hydrogen-bond donors (Lipinski definition) is 0. The first-order valence-electron chi connectivity index (χ1n) is 7.54. The third-order valence-electron chi connectivity index (χ3n) is 3.87. The zero-order valence-corrected chi connectivity index (χ0v) is 14.0. The molecule has 23 heavy (non-hydrogen) atoms. The van der Waals surface area contributed by atoms with Gasteiger partial charge in [0, 0.05) is 37.5 Å². The summed E-state index contributed by atoms with van der Waals surface area (Å²) < 4.78 is 1.67. The maximum absolute atomic E-state index is 12.5. The Bertz CT molecular complexity index is 618. The number of aromatic nitrogens is 2. The highest BCUT2D eigenvalue weighted by molar-refractivity contribution is 6.25. The SMILES string of the molecule is CCC(=NOCC=CCl)C1C(=O)CC(c2cnn(C)c2)CC1=O. The number of halogens is 1. The standard InChI is InChI=1S/C16H20ClN3O3/c1-3-13(19-23-6-4-5-17)16-14(21)7-11(8-15(16)22)12-9-18-20(2)10-12/h4-5,9-11,16H,3,6-8H2,1-2H3. The van der Waals surface area contributed by atoms with Gasteiger partial charge < -0.3 is 4.84 Å². The van der Waals surface area contributed by atoms with E-state index in [9.17, 15) is 9.59 Å². The molecule has 6 nitrogen and oxygen atoms in total. The summed E-state index contributed by atoms with van der Waals surface area (Å²) in [5.74, 6) is -1.09. The van der Waals surface area contributed by atoms with Crippen LogP contribution in [0.5, 0.6) is 0 Å². The highest BCUT2D eigenvalue weighted by Gasteiger charge is 2.39. The average molecular weight is 338 g/mol. The Labute approximate surface area is 140 Å². The Balaban J connectivity index is 2.09. The van der Waals surface area contributed by atoms with Gasteiger partial charge in [0.15, 0.2) is 0 Å². The van der Waals surface area contributed by atoms with E-state index < -0.39 is 5.92 Å². The van der Waals surface area contributed by atoms with Crippen molar-refractivity contribution in [3.05, 3.63) is 29.6 Å². The van der Waals surface area contributed by atoms with Gasteiger partial charge in [-0.2, -0.15) is 5.10 Å². The number of carbonyl (C=O) groups excluding carboxylic acids is 2. The van der Waals surface area contributed by atoms with Crippen LogP contribution in [-0.2, 0) is 21.5 Å². The molecule has 2 rings (SSSR count). The van der Waals surface area contributed by atoms with Gasteiger partial charge in [-0.1, -0.05) is 23.7 Å². The van der Waals surface area contributed by atoms with E-state index in [2.05, 4.69) is 10.3 Å². The molecule has 0 bridgehead atoms. The molecule has 0 radical (unpaired) electrons. The predicted molar refractivity (Wildman–Crippen MR) is 87.4 cm³/mol. The Hall–Kier alpha value is -1.95. The molecule has 1 aliphatic carbocycles. The lowest BCUT2D eigenvalue weighted by Gasteiger charge is -2.26. The van der Waals surface area contributed by atoms with E-state index in [1.54, 1.807) is 17.0 Å². The van der Waals surface area contributed by atoms with Crippen LogP contribution in [0.25, 0.3) is 0 Å². The minimum absolute atomic E-state index is 0.0989. The molecule has 124 valence electrons. The molecule has 0 amide bonds. The van der Waals surface area contributed by atoms with Crippen molar-refractivity contribution < 1.29 is 14.4 Å². The number of Topliss-reactive ketones (excluding diaryl/α,β-unsaturated/α-hetero) is 2. The lowest BCUT2D eigenvalue weighted by Crippen LogP contribution is -2.38. The van der Waals surface area contributed by atoms with E-state index in [0.717, 1.165) is 5.56 Å². The van der Waals surface area contributed by atoms with Crippen molar-refractivity contribution >= 4 is 28.9 Å². The molecule has 0 aromatic carbocycles. The molecule has 1 saturated carbocycles. The van der Waals surface area contributed by atoms with E-state index in [4.69, 9.17) is 16.4 Å². The fourth-order valence-corrected chi connectivity index (χ4v) is 2.83. The van der Waals surface area contributed by atoms with Crippen molar-refractivity contribution in [2.75, 3.05) is 6.61 Å². The second-order valence-electron chi connectivity index (χ2n) is 5.51. The number of hydrogen-bond acceptors (Lipinski definition) is 5. The van der Waals surface area contributed by atoms with Crippen LogP contribution in [0.1, 0.15) is 37.7 Å². The molecular weight excluding hydrogens is 318 g/mol. The van der Waals surface area contributed by atoms with Crippen LogP contribution < -0.4 is 0 Å². The fourth-order valence-electron chi connectivity index (χ4n) is 2.75. The average Bonchev–Trinajstić information content (AvgIpc) is 2.95. The Morgan fingerprint density at radius 3 is 2.70 bits per heavy atom. The monoisotopic (exact) mass is 337 g/mol. The third-order valence-corrected chi connectivity index (χ3v) is 4.05. The summed E-state index contributed by atoms with van der Waals surface area (Å²) in [5.41, 5.74) is 2.73. The Kier molecular flexibility index (Phi) is 6.10. The lowest BCUT2D eigenvalue weighted by atomic mass is 9.75. The van der Waals surface area contributed by atoms with Gasteiger partial charge in [-0.05, 0) is 18.1 Å². The number of aryl methyl sites for hydroxylation is 1. The quantitative estimate of drug-likeness (QED) is 0.346. The Morgan fingerprint density at radius 2 is 2.17 bits per heavy atom. The van der Waals surface area contributed by atoms with Crippen molar-refractivity contribution in [2.24, 2.45) is 18.1 Å². The van der Waals surface area contributed by atoms with Crippen LogP contribution in [0.2, 0.25) is 0 Å². The lowest BCUT2D eigenvalue weighted by molar-refractivity contribution is -0.133. The summed E-state index contributed by atoms with van der Waals surface area (Å²) in [6.07, 6.45) is 6.28. The molecule has 0 unspecified atom stereocenters. The number of oxime groups is 1. The van der Waals surface area contributed by atoms with Gasteiger partial charge in [0.2, 0.25) is 0 Å². The first-order chi connectivity index (χ1) is 11.1. The summed E-state index contributed by atoms with van der Waals surface area (Å²) >= 11 is 5.40. The topological polar surface area (TPSA) is 73.5 Å². The first-order valence-corrected chi connectivity index (χ1v) is 7.98. The second-order valence-corrected chi connectivity index (χ2v) is 5.76. The third kappa shape index (κ3) is 4.28. The molecular formula is C16H20ClN3O3.